The van der Waals surface area contributed by atoms with Crippen molar-refractivity contribution in [2.24, 2.45) is 0 Å². The zero-order chi connectivity index (χ0) is 10.1. The first kappa shape index (κ1) is 10.1. The Labute approximate surface area is 98.7 Å². The summed E-state index contributed by atoms with van der Waals surface area (Å²) in [7, 11) is 1.68. The Morgan fingerprint density at radius 3 is 2.64 bits per heavy atom. The van der Waals surface area contributed by atoms with Crippen molar-refractivity contribution in [2.45, 2.75) is 6.92 Å². The zero-order valence-corrected chi connectivity index (χ0v) is 10.9. The SMILES string of the molecule is COc1sc(-c2ccc(Br)s2)nc1C. The van der Waals surface area contributed by atoms with Crippen molar-refractivity contribution in [1.82, 2.24) is 4.98 Å². The molecule has 0 bridgehead atoms. The maximum atomic E-state index is 5.20. The van der Waals surface area contributed by atoms with Crippen molar-refractivity contribution in [2.75, 3.05) is 7.11 Å². The maximum absolute atomic E-state index is 5.20. The number of thiazole rings is 1. The molecule has 0 spiro atoms. The van der Waals surface area contributed by atoms with Gasteiger partial charge in [-0.2, -0.15) is 0 Å². The summed E-state index contributed by atoms with van der Waals surface area (Å²) in [5, 5.41) is 1.92. The van der Waals surface area contributed by atoms with Gasteiger partial charge < -0.3 is 4.74 Å². The number of halogens is 1. The minimum Gasteiger partial charge on any atom is -0.486 e. The molecule has 74 valence electrons. The molecule has 2 rings (SSSR count). The van der Waals surface area contributed by atoms with Gasteiger partial charge in [-0.1, -0.05) is 11.3 Å². The van der Waals surface area contributed by atoms with E-state index in [1.54, 1.807) is 29.8 Å². The standard InChI is InChI=1S/C9H8BrNOS2/c1-5-9(12-2)14-8(11-5)6-3-4-7(10)13-6/h3-4H,1-2H3. The number of hydrogen-bond acceptors (Lipinski definition) is 4. The van der Waals surface area contributed by atoms with Gasteiger partial charge in [0.2, 0.25) is 0 Å². The molecular formula is C9H8BrNOS2. The van der Waals surface area contributed by atoms with Crippen molar-refractivity contribution in [3.05, 3.63) is 21.6 Å². The van der Waals surface area contributed by atoms with Gasteiger partial charge in [-0.25, -0.2) is 4.98 Å². The molecule has 0 saturated carbocycles. The molecule has 0 aliphatic rings. The molecule has 5 heteroatoms. The normalized spacial score (nSPS) is 10.5. The number of aryl methyl sites for hydroxylation is 1. The van der Waals surface area contributed by atoms with Crippen LogP contribution in [0, 0.1) is 6.92 Å². The molecule has 2 aromatic heterocycles. The lowest BCUT2D eigenvalue weighted by molar-refractivity contribution is 0.423. The second kappa shape index (κ2) is 4.00. The van der Waals surface area contributed by atoms with Gasteiger partial charge in [0.1, 0.15) is 5.01 Å². The Morgan fingerprint density at radius 2 is 2.14 bits per heavy atom. The monoisotopic (exact) mass is 289 g/mol. The molecule has 2 nitrogen and oxygen atoms in total. The molecule has 0 aliphatic carbocycles. The molecule has 0 atom stereocenters. The van der Waals surface area contributed by atoms with Crippen LogP contribution in [0.2, 0.25) is 0 Å². The van der Waals surface area contributed by atoms with E-state index in [2.05, 4.69) is 27.0 Å². The van der Waals surface area contributed by atoms with Crippen molar-refractivity contribution < 1.29 is 4.74 Å². The van der Waals surface area contributed by atoms with E-state index < -0.39 is 0 Å². The topological polar surface area (TPSA) is 22.1 Å². The summed E-state index contributed by atoms with van der Waals surface area (Å²) in [4.78, 5) is 5.62. The van der Waals surface area contributed by atoms with Gasteiger partial charge in [-0.3, -0.25) is 0 Å². The number of methoxy groups -OCH3 is 1. The summed E-state index contributed by atoms with van der Waals surface area (Å²) >= 11 is 6.70. The third-order valence-electron chi connectivity index (χ3n) is 1.72. The van der Waals surface area contributed by atoms with Gasteiger partial charge in [0.25, 0.3) is 0 Å². The van der Waals surface area contributed by atoms with Gasteiger partial charge in [-0.15, -0.1) is 11.3 Å². The number of aromatic nitrogens is 1. The first-order chi connectivity index (χ1) is 6.70. The predicted octanol–water partition coefficient (Wildman–Crippen LogP) is 3.95. The highest BCUT2D eigenvalue weighted by Crippen LogP contribution is 2.37. The minimum absolute atomic E-state index is 0.893. The molecule has 0 saturated heterocycles. The number of rotatable bonds is 2. The number of thiophene rings is 1. The van der Waals surface area contributed by atoms with Crippen LogP contribution in [0.4, 0.5) is 0 Å². The highest BCUT2D eigenvalue weighted by atomic mass is 79.9. The first-order valence-corrected chi connectivity index (χ1v) is 6.40. The van der Waals surface area contributed by atoms with E-state index in [0.29, 0.717) is 0 Å². The van der Waals surface area contributed by atoms with E-state index in [4.69, 9.17) is 4.74 Å². The average molecular weight is 290 g/mol. The fourth-order valence-corrected chi connectivity index (χ4v) is 3.43. The lowest BCUT2D eigenvalue weighted by atomic mass is 10.5. The van der Waals surface area contributed by atoms with Crippen LogP contribution in [-0.4, -0.2) is 12.1 Å². The summed E-state index contributed by atoms with van der Waals surface area (Å²) in [6.45, 7) is 1.96. The fraction of sp³-hybridized carbons (Fsp3) is 0.222. The van der Waals surface area contributed by atoms with Crippen LogP contribution in [-0.2, 0) is 0 Å². The van der Waals surface area contributed by atoms with Crippen LogP contribution < -0.4 is 4.74 Å². The second-order valence-electron chi connectivity index (χ2n) is 2.70. The summed E-state index contributed by atoms with van der Waals surface area (Å²) in [5.41, 5.74) is 0.956. The molecule has 0 N–H and O–H groups in total. The number of hydrogen-bond donors (Lipinski definition) is 0. The summed E-state index contributed by atoms with van der Waals surface area (Å²) in [6, 6.07) is 4.09. The zero-order valence-electron chi connectivity index (χ0n) is 7.70. The van der Waals surface area contributed by atoms with Crippen LogP contribution in [0.1, 0.15) is 5.69 Å². The Morgan fingerprint density at radius 1 is 1.36 bits per heavy atom. The lowest BCUT2D eigenvalue weighted by Crippen LogP contribution is -1.80. The molecule has 0 fully saturated rings. The molecule has 0 aromatic carbocycles. The molecule has 0 aliphatic heterocycles. The summed E-state index contributed by atoms with van der Waals surface area (Å²) in [5.74, 6) is 0. The van der Waals surface area contributed by atoms with Crippen LogP contribution in [0.25, 0.3) is 9.88 Å². The summed E-state index contributed by atoms with van der Waals surface area (Å²) in [6.07, 6.45) is 0. The van der Waals surface area contributed by atoms with E-state index >= 15 is 0 Å². The van der Waals surface area contributed by atoms with E-state index in [0.717, 1.165) is 19.6 Å². The van der Waals surface area contributed by atoms with Crippen LogP contribution in [0.3, 0.4) is 0 Å². The van der Waals surface area contributed by atoms with Crippen molar-refractivity contribution >= 4 is 38.6 Å². The van der Waals surface area contributed by atoms with Crippen molar-refractivity contribution in [1.29, 1.82) is 0 Å². The first-order valence-electron chi connectivity index (χ1n) is 3.98. The molecule has 0 unspecified atom stereocenters. The summed E-state index contributed by atoms with van der Waals surface area (Å²) < 4.78 is 6.33. The highest BCUT2D eigenvalue weighted by Gasteiger charge is 2.10. The Kier molecular flexibility index (Phi) is 2.90. The highest BCUT2D eigenvalue weighted by molar-refractivity contribution is 9.11. The van der Waals surface area contributed by atoms with Crippen LogP contribution >= 0.6 is 38.6 Å². The average Bonchev–Trinajstić information content (AvgIpc) is 2.71. The van der Waals surface area contributed by atoms with Gasteiger partial charge in [0.15, 0.2) is 5.06 Å². The van der Waals surface area contributed by atoms with Crippen molar-refractivity contribution in [3.63, 3.8) is 0 Å². The predicted molar refractivity (Wildman–Crippen MR) is 64.4 cm³/mol. The van der Waals surface area contributed by atoms with Crippen molar-refractivity contribution in [3.8, 4) is 14.9 Å². The minimum atomic E-state index is 0.893. The molecule has 14 heavy (non-hydrogen) atoms. The molecule has 0 amide bonds. The molecule has 0 radical (unpaired) electrons. The lowest BCUT2D eigenvalue weighted by Gasteiger charge is -1.90. The molecule has 2 aromatic rings. The smallest absolute Gasteiger partial charge is 0.197 e. The van der Waals surface area contributed by atoms with Gasteiger partial charge in [0.05, 0.1) is 21.5 Å². The van der Waals surface area contributed by atoms with Crippen LogP contribution in [0.5, 0.6) is 5.06 Å². The number of ether oxygens (including phenoxy) is 1. The van der Waals surface area contributed by atoms with Gasteiger partial charge in [-0.05, 0) is 35.0 Å². The van der Waals surface area contributed by atoms with E-state index in [9.17, 15) is 0 Å². The molecular weight excluding hydrogens is 282 g/mol. The Bertz CT molecular complexity index is 449. The fourth-order valence-electron chi connectivity index (χ4n) is 1.11. The quantitative estimate of drug-likeness (QED) is 0.835. The second-order valence-corrected chi connectivity index (χ2v) is 6.12. The third kappa shape index (κ3) is 1.85. The van der Waals surface area contributed by atoms with Crippen LogP contribution in [0.15, 0.2) is 15.9 Å². The third-order valence-corrected chi connectivity index (χ3v) is 4.64. The van der Waals surface area contributed by atoms with Gasteiger partial charge in [0, 0.05) is 0 Å². The Balaban J connectivity index is 2.42. The maximum Gasteiger partial charge on any atom is 0.197 e. The Hall–Kier alpha value is -0.390. The number of nitrogens with zero attached hydrogens (tertiary/aromatic N) is 1. The largest absolute Gasteiger partial charge is 0.486 e. The van der Waals surface area contributed by atoms with E-state index in [1.807, 2.05) is 13.0 Å². The van der Waals surface area contributed by atoms with Gasteiger partial charge >= 0.3 is 0 Å². The van der Waals surface area contributed by atoms with E-state index in [-0.39, 0.29) is 0 Å². The van der Waals surface area contributed by atoms with E-state index in [1.165, 1.54) is 4.88 Å². The molecule has 2 heterocycles.